The Labute approximate surface area is 130 Å². The molecule has 0 bridgehead atoms. The highest BCUT2D eigenvalue weighted by atomic mass is 35.5. The van der Waals surface area contributed by atoms with Crippen LogP contribution in [0, 0.1) is 5.82 Å². The van der Waals surface area contributed by atoms with Crippen molar-refractivity contribution in [3.8, 4) is 17.2 Å². The molecule has 2 aromatic carbocycles. The highest BCUT2D eigenvalue weighted by molar-refractivity contribution is 6.30. The molecular weight excluding hydrogens is 309 g/mol. The number of pyridine rings is 1. The van der Waals surface area contributed by atoms with Crippen LogP contribution in [0.4, 0.5) is 4.39 Å². The largest absolute Gasteiger partial charge is 0.507 e. The van der Waals surface area contributed by atoms with Crippen LogP contribution in [0.15, 0.2) is 47.4 Å². The summed E-state index contributed by atoms with van der Waals surface area (Å²) in [7, 11) is 1.48. The van der Waals surface area contributed by atoms with Gasteiger partial charge in [0.05, 0.1) is 23.2 Å². The Morgan fingerprint density at radius 3 is 2.68 bits per heavy atom. The van der Waals surface area contributed by atoms with Crippen LogP contribution in [0.1, 0.15) is 0 Å². The lowest BCUT2D eigenvalue weighted by molar-refractivity contribution is 0.418. The van der Waals surface area contributed by atoms with Gasteiger partial charge in [-0.3, -0.25) is 9.36 Å². The van der Waals surface area contributed by atoms with Crippen molar-refractivity contribution < 1.29 is 14.2 Å². The summed E-state index contributed by atoms with van der Waals surface area (Å²) >= 11 is 5.75. The summed E-state index contributed by atoms with van der Waals surface area (Å²) in [6, 6.07) is 8.58. The predicted octanol–water partition coefficient (Wildman–Crippen LogP) is 3.50. The normalized spacial score (nSPS) is 10.9. The number of methoxy groups -OCH3 is 1. The number of aromatic nitrogens is 1. The molecule has 22 heavy (non-hydrogen) atoms. The van der Waals surface area contributed by atoms with Gasteiger partial charge in [0.15, 0.2) is 0 Å². The lowest BCUT2D eigenvalue weighted by Gasteiger charge is -2.11. The molecule has 0 unspecified atom stereocenters. The Kier molecular flexibility index (Phi) is 3.50. The van der Waals surface area contributed by atoms with E-state index in [-0.39, 0.29) is 16.2 Å². The molecule has 6 heteroatoms. The molecule has 1 N–H and O–H groups in total. The van der Waals surface area contributed by atoms with Crippen LogP contribution in [0.5, 0.6) is 11.5 Å². The summed E-state index contributed by atoms with van der Waals surface area (Å²) in [6.45, 7) is 0. The lowest BCUT2D eigenvalue weighted by Crippen LogP contribution is -2.18. The second-order valence-electron chi connectivity index (χ2n) is 4.66. The molecule has 3 aromatic rings. The molecule has 1 aromatic heterocycles. The molecule has 0 fully saturated rings. The van der Waals surface area contributed by atoms with Gasteiger partial charge in [-0.25, -0.2) is 4.39 Å². The number of hydrogen-bond acceptors (Lipinski definition) is 3. The first kappa shape index (κ1) is 14.4. The van der Waals surface area contributed by atoms with Crippen molar-refractivity contribution in [1.82, 2.24) is 4.57 Å². The van der Waals surface area contributed by atoms with Gasteiger partial charge in [0, 0.05) is 11.6 Å². The predicted molar refractivity (Wildman–Crippen MR) is 82.7 cm³/mol. The number of rotatable bonds is 2. The maximum absolute atomic E-state index is 13.3. The minimum Gasteiger partial charge on any atom is -0.507 e. The van der Waals surface area contributed by atoms with Crippen molar-refractivity contribution in [2.24, 2.45) is 0 Å². The number of ether oxygens (including phenoxy) is 1. The fraction of sp³-hybridized carbons (Fsp3) is 0.0625. The zero-order valence-corrected chi connectivity index (χ0v) is 12.3. The summed E-state index contributed by atoms with van der Waals surface area (Å²) in [5.74, 6) is -0.235. The van der Waals surface area contributed by atoms with E-state index in [0.717, 1.165) is 0 Å². The number of halogens is 2. The van der Waals surface area contributed by atoms with E-state index in [0.29, 0.717) is 16.8 Å². The van der Waals surface area contributed by atoms with Gasteiger partial charge in [0.25, 0.3) is 5.56 Å². The SMILES string of the molecule is COc1ccc(O)c2c(=O)n(-c3ccc(F)c(Cl)c3)ccc12. The Hall–Kier alpha value is -2.53. The molecule has 0 spiro atoms. The van der Waals surface area contributed by atoms with Crippen LogP contribution in [-0.2, 0) is 0 Å². The molecule has 0 atom stereocenters. The van der Waals surface area contributed by atoms with Crippen molar-refractivity contribution in [2.75, 3.05) is 7.11 Å². The molecule has 0 amide bonds. The molecule has 0 aliphatic heterocycles. The minimum atomic E-state index is -0.566. The van der Waals surface area contributed by atoms with Crippen molar-refractivity contribution in [3.05, 3.63) is 63.8 Å². The Morgan fingerprint density at radius 1 is 1.23 bits per heavy atom. The van der Waals surface area contributed by atoms with Crippen LogP contribution < -0.4 is 10.3 Å². The molecular formula is C16H11ClFNO3. The van der Waals surface area contributed by atoms with Crippen LogP contribution in [0.25, 0.3) is 16.5 Å². The number of aromatic hydroxyl groups is 1. The smallest absolute Gasteiger partial charge is 0.266 e. The van der Waals surface area contributed by atoms with Crippen LogP contribution in [0.2, 0.25) is 5.02 Å². The second kappa shape index (κ2) is 5.35. The molecule has 3 rings (SSSR count). The van der Waals surface area contributed by atoms with E-state index >= 15 is 0 Å². The zero-order chi connectivity index (χ0) is 15.9. The summed E-state index contributed by atoms with van der Waals surface area (Å²) in [6.07, 6.45) is 1.52. The van der Waals surface area contributed by atoms with Gasteiger partial charge >= 0.3 is 0 Å². The van der Waals surface area contributed by atoms with Crippen molar-refractivity contribution in [1.29, 1.82) is 0 Å². The highest BCUT2D eigenvalue weighted by Gasteiger charge is 2.13. The summed E-state index contributed by atoms with van der Waals surface area (Å²) in [4.78, 5) is 12.6. The molecule has 0 aliphatic carbocycles. The van der Waals surface area contributed by atoms with E-state index in [4.69, 9.17) is 16.3 Å². The zero-order valence-electron chi connectivity index (χ0n) is 11.5. The molecule has 0 saturated carbocycles. The number of nitrogens with zero attached hydrogens (tertiary/aromatic N) is 1. The first-order valence-corrected chi connectivity index (χ1v) is 6.77. The third-order valence-electron chi connectivity index (χ3n) is 3.41. The number of benzene rings is 2. The Morgan fingerprint density at radius 2 is 2.00 bits per heavy atom. The lowest BCUT2D eigenvalue weighted by atomic mass is 10.1. The quantitative estimate of drug-likeness (QED) is 0.786. The van der Waals surface area contributed by atoms with E-state index in [9.17, 15) is 14.3 Å². The van der Waals surface area contributed by atoms with E-state index in [1.54, 1.807) is 12.1 Å². The minimum absolute atomic E-state index is 0.0839. The average Bonchev–Trinajstić information content (AvgIpc) is 2.51. The Balaban J connectivity index is 2.33. The molecule has 1 heterocycles. The van der Waals surface area contributed by atoms with Gasteiger partial charge in [-0.15, -0.1) is 0 Å². The van der Waals surface area contributed by atoms with E-state index in [1.165, 1.54) is 42.1 Å². The van der Waals surface area contributed by atoms with Crippen molar-refractivity contribution >= 4 is 22.4 Å². The fourth-order valence-corrected chi connectivity index (χ4v) is 2.51. The summed E-state index contributed by atoms with van der Waals surface area (Å²) in [5.41, 5.74) is -0.0444. The monoisotopic (exact) mass is 319 g/mol. The fourth-order valence-electron chi connectivity index (χ4n) is 2.33. The van der Waals surface area contributed by atoms with E-state index in [1.807, 2.05) is 0 Å². The number of phenols is 1. The molecule has 0 radical (unpaired) electrons. The number of fused-ring (bicyclic) bond motifs is 1. The van der Waals surface area contributed by atoms with Gasteiger partial charge in [-0.1, -0.05) is 11.6 Å². The Bertz CT molecular complexity index is 937. The van der Waals surface area contributed by atoms with Crippen LogP contribution in [0.3, 0.4) is 0 Å². The molecule has 0 saturated heterocycles. The average molecular weight is 320 g/mol. The topological polar surface area (TPSA) is 51.5 Å². The third-order valence-corrected chi connectivity index (χ3v) is 3.70. The van der Waals surface area contributed by atoms with Gasteiger partial charge < -0.3 is 9.84 Å². The van der Waals surface area contributed by atoms with Gasteiger partial charge in [-0.05, 0) is 36.4 Å². The molecule has 112 valence electrons. The summed E-state index contributed by atoms with van der Waals surface area (Å²) in [5, 5.41) is 10.5. The van der Waals surface area contributed by atoms with Gasteiger partial charge in [-0.2, -0.15) is 0 Å². The maximum atomic E-state index is 13.3. The van der Waals surface area contributed by atoms with Crippen molar-refractivity contribution in [3.63, 3.8) is 0 Å². The van der Waals surface area contributed by atoms with E-state index in [2.05, 4.69) is 0 Å². The maximum Gasteiger partial charge on any atom is 0.266 e. The first-order chi connectivity index (χ1) is 10.5. The van der Waals surface area contributed by atoms with Crippen LogP contribution in [-0.4, -0.2) is 16.8 Å². The third kappa shape index (κ3) is 2.19. The van der Waals surface area contributed by atoms with Crippen LogP contribution >= 0.6 is 11.6 Å². The van der Waals surface area contributed by atoms with Gasteiger partial charge in [0.2, 0.25) is 0 Å². The van der Waals surface area contributed by atoms with Gasteiger partial charge in [0.1, 0.15) is 17.3 Å². The second-order valence-corrected chi connectivity index (χ2v) is 5.07. The number of phenolic OH excluding ortho intramolecular Hbond substituents is 1. The molecule has 4 nitrogen and oxygen atoms in total. The highest BCUT2D eigenvalue weighted by Crippen LogP contribution is 2.30. The number of hydrogen-bond donors (Lipinski definition) is 1. The van der Waals surface area contributed by atoms with E-state index < -0.39 is 11.4 Å². The standard InChI is InChI=1S/C16H11ClFNO3/c1-22-14-5-4-13(20)15-10(14)6-7-19(16(15)21)9-2-3-12(18)11(17)8-9/h2-8,20H,1H3. The van der Waals surface area contributed by atoms with Crippen molar-refractivity contribution in [2.45, 2.75) is 0 Å². The molecule has 0 aliphatic rings. The first-order valence-electron chi connectivity index (χ1n) is 6.39. The summed E-state index contributed by atoms with van der Waals surface area (Å²) < 4.78 is 19.7.